The van der Waals surface area contributed by atoms with E-state index in [0.29, 0.717) is 12.5 Å². The van der Waals surface area contributed by atoms with Gasteiger partial charge in [0.25, 0.3) is 0 Å². The molecule has 0 atom stereocenters. The van der Waals surface area contributed by atoms with E-state index in [2.05, 4.69) is 44.3 Å². The van der Waals surface area contributed by atoms with E-state index in [-0.39, 0.29) is 0 Å². The van der Waals surface area contributed by atoms with Crippen LogP contribution in [0.2, 0.25) is 0 Å². The van der Waals surface area contributed by atoms with E-state index < -0.39 is 0 Å². The molecule has 84 valence electrons. The second-order valence-electron chi connectivity index (χ2n) is 4.31. The molecule has 0 fully saturated rings. The molecule has 0 bridgehead atoms. The highest BCUT2D eigenvalue weighted by molar-refractivity contribution is 5.32. The fraction of sp³-hybridized carbons (Fsp3) is 0.538. The third kappa shape index (κ3) is 3.65. The average Bonchev–Trinajstić information content (AvgIpc) is 2.20. The third-order valence-corrected chi connectivity index (χ3v) is 2.68. The van der Waals surface area contributed by atoms with Crippen LogP contribution in [0.15, 0.2) is 18.2 Å². The maximum absolute atomic E-state index is 5.45. The third-order valence-electron chi connectivity index (χ3n) is 2.68. The summed E-state index contributed by atoms with van der Waals surface area (Å²) >= 11 is 0. The van der Waals surface area contributed by atoms with Crippen LogP contribution in [0.4, 0.5) is 0 Å². The van der Waals surface area contributed by atoms with E-state index in [9.17, 15) is 0 Å². The summed E-state index contributed by atoms with van der Waals surface area (Å²) in [6, 6.07) is 6.71. The molecule has 3 N–H and O–H groups in total. The topological polar surface area (TPSA) is 38.0 Å². The van der Waals surface area contributed by atoms with Gasteiger partial charge in [-0.3, -0.25) is 0 Å². The van der Waals surface area contributed by atoms with Crippen LogP contribution < -0.4 is 11.1 Å². The summed E-state index contributed by atoms with van der Waals surface area (Å²) in [5.74, 6) is 0.596. The monoisotopic (exact) mass is 206 g/mol. The molecule has 0 heterocycles. The highest BCUT2D eigenvalue weighted by atomic mass is 14.9. The zero-order valence-corrected chi connectivity index (χ0v) is 10.0. The Hall–Kier alpha value is -0.860. The minimum absolute atomic E-state index is 0.596. The second-order valence-corrected chi connectivity index (χ2v) is 4.31. The van der Waals surface area contributed by atoms with E-state index in [1.165, 1.54) is 16.7 Å². The van der Waals surface area contributed by atoms with Crippen LogP contribution in [0.3, 0.4) is 0 Å². The van der Waals surface area contributed by atoms with Crippen molar-refractivity contribution in [1.82, 2.24) is 5.32 Å². The van der Waals surface area contributed by atoms with Crippen molar-refractivity contribution < 1.29 is 0 Å². The van der Waals surface area contributed by atoms with Crippen molar-refractivity contribution >= 4 is 0 Å². The molecule has 1 aromatic carbocycles. The van der Waals surface area contributed by atoms with Crippen LogP contribution in [0.1, 0.15) is 36.5 Å². The van der Waals surface area contributed by atoms with E-state index in [1.54, 1.807) is 0 Å². The first-order chi connectivity index (χ1) is 7.15. The van der Waals surface area contributed by atoms with Crippen molar-refractivity contribution in [2.24, 2.45) is 5.73 Å². The highest BCUT2D eigenvalue weighted by Gasteiger charge is 2.03. The summed E-state index contributed by atoms with van der Waals surface area (Å²) < 4.78 is 0. The summed E-state index contributed by atoms with van der Waals surface area (Å²) in [4.78, 5) is 0. The molecule has 0 spiro atoms. The van der Waals surface area contributed by atoms with Crippen LogP contribution in [-0.4, -0.2) is 13.1 Å². The molecule has 2 nitrogen and oxygen atoms in total. The van der Waals surface area contributed by atoms with Crippen molar-refractivity contribution in [3.63, 3.8) is 0 Å². The van der Waals surface area contributed by atoms with Gasteiger partial charge in [-0.05, 0) is 29.5 Å². The van der Waals surface area contributed by atoms with Gasteiger partial charge in [0.2, 0.25) is 0 Å². The molecule has 0 saturated heterocycles. The molecule has 2 heteroatoms. The first-order valence-corrected chi connectivity index (χ1v) is 5.65. The van der Waals surface area contributed by atoms with E-state index >= 15 is 0 Å². The molecule has 0 saturated carbocycles. The van der Waals surface area contributed by atoms with Gasteiger partial charge in [-0.1, -0.05) is 32.0 Å². The molecule has 0 radical (unpaired) electrons. The zero-order chi connectivity index (χ0) is 11.3. The minimum atomic E-state index is 0.596. The van der Waals surface area contributed by atoms with Gasteiger partial charge in [-0.15, -0.1) is 0 Å². The fourth-order valence-electron chi connectivity index (χ4n) is 1.57. The van der Waals surface area contributed by atoms with Gasteiger partial charge in [0.05, 0.1) is 0 Å². The van der Waals surface area contributed by atoms with Crippen molar-refractivity contribution in [3.05, 3.63) is 34.9 Å². The SMILES string of the molecule is Cc1ccc(C(C)C)cc1CNCCN. The molecule has 15 heavy (non-hydrogen) atoms. The average molecular weight is 206 g/mol. The molecule has 0 aliphatic carbocycles. The van der Waals surface area contributed by atoms with Crippen molar-refractivity contribution in [3.8, 4) is 0 Å². The lowest BCUT2D eigenvalue weighted by Gasteiger charge is -2.11. The lowest BCUT2D eigenvalue weighted by molar-refractivity contribution is 0.690. The molecule has 0 amide bonds. The van der Waals surface area contributed by atoms with Crippen molar-refractivity contribution in [2.45, 2.75) is 33.2 Å². The van der Waals surface area contributed by atoms with E-state index in [1.807, 2.05) is 0 Å². The first-order valence-electron chi connectivity index (χ1n) is 5.65. The summed E-state index contributed by atoms with van der Waals surface area (Å²) in [5, 5.41) is 3.33. The van der Waals surface area contributed by atoms with Gasteiger partial charge < -0.3 is 11.1 Å². The molecular formula is C13H22N2. The zero-order valence-electron chi connectivity index (χ0n) is 10.0. The molecule has 0 unspecified atom stereocenters. The van der Waals surface area contributed by atoms with Crippen LogP contribution in [0.25, 0.3) is 0 Å². The minimum Gasteiger partial charge on any atom is -0.329 e. The van der Waals surface area contributed by atoms with Crippen molar-refractivity contribution in [1.29, 1.82) is 0 Å². The Balaban J connectivity index is 2.72. The summed E-state index contributed by atoms with van der Waals surface area (Å²) in [6.07, 6.45) is 0. The molecule has 0 aliphatic heterocycles. The van der Waals surface area contributed by atoms with Crippen LogP contribution in [-0.2, 0) is 6.54 Å². The van der Waals surface area contributed by atoms with Gasteiger partial charge in [0, 0.05) is 19.6 Å². The number of nitrogens with two attached hydrogens (primary N) is 1. The van der Waals surface area contributed by atoms with Crippen molar-refractivity contribution in [2.75, 3.05) is 13.1 Å². The molecule has 1 rings (SSSR count). The summed E-state index contributed by atoms with van der Waals surface area (Å²) in [5.41, 5.74) is 9.59. The van der Waals surface area contributed by atoms with Gasteiger partial charge in [-0.2, -0.15) is 0 Å². The molecule has 0 aromatic heterocycles. The normalized spacial score (nSPS) is 11.0. The van der Waals surface area contributed by atoms with Gasteiger partial charge in [0.1, 0.15) is 0 Å². The number of nitrogens with one attached hydrogen (secondary N) is 1. The van der Waals surface area contributed by atoms with Crippen LogP contribution in [0.5, 0.6) is 0 Å². The highest BCUT2D eigenvalue weighted by Crippen LogP contribution is 2.18. The Bertz CT molecular complexity index is 305. The number of aryl methyl sites for hydroxylation is 1. The summed E-state index contributed by atoms with van der Waals surface area (Å²) in [6.45, 7) is 9.10. The Morgan fingerprint density at radius 2 is 2.07 bits per heavy atom. The Morgan fingerprint density at radius 1 is 1.33 bits per heavy atom. The maximum atomic E-state index is 5.45. The molecule has 0 aliphatic rings. The summed E-state index contributed by atoms with van der Waals surface area (Å²) in [7, 11) is 0. The predicted molar refractivity (Wildman–Crippen MR) is 66.0 cm³/mol. The Labute approximate surface area is 92.9 Å². The Kier molecular flexibility index (Phi) is 4.79. The first kappa shape index (κ1) is 12.2. The smallest absolute Gasteiger partial charge is 0.0208 e. The van der Waals surface area contributed by atoms with Gasteiger partial charge >= 0.3 is 0 Å². The van der Waals surface area contributed by atoms with Gasteiger partial charge in [0.15, 0.2) is 0 Å². The fourth-order valence-corrected chi connectivity index (χ4v) is 1.57. The number of hydrogen-bond donors (Lipinski definition) is 2. The number of benzene rings is 1. The Morgan fingerprint density at radius 3 is 2.67 bits per heavy atom. The lowest BCUT2D eigenvalue weighted by Crippen LogP contribution is -2.22. The number of rotatable bonds is 5. The largest absolute Gasteiger partial charge is 0.329 e. The quantitative estimate of drug-likeness (QED) is 0.725. The number of hydrogen-bond acceptors (Lipinski definition) is 2. The second kappa shape index (κ2) is 5.89. The maximum Gasteiger partial charge on any atom is 0.0208 e. The van der Waals surface area contributed by atoms with Crippen LogP contribution >= 0.6 is 0 Å². The van der Waals surface area contributed by atoms with E-state index in [4.69, 9.17) is 5.73 Å². The van der Waals surface area contributed by atoms with E-state index in [0.717, 1.165) is 13.1 Å². The van der Waals surface area contributed by atoms with Gasteiger partial charge in [-0.25, -0.2) is 0 Å². The molecular weight excluding hydrogens is 184 g/mol. The van der Waals surface area contributed by atoms with Crippen LogP contribution in [0, 0.1) is 6.92 Å². The molecule has 1 aromatic rings. The standard InChI is InChI=1S/C13H22N2/c1-10(2)12-5-4-11(3)13(8-12)9-15-7-6-14/h4-5,8,10,15H,6-7,9,14H2,1-3H3. The lowest BCUT2D eigenvalue weighted by atomic mass is 9.98. The predicted octanol–water partition coefficient (Wildman–Crippen LogP) is 2.17.